The number of para-hydroxylation sites is 1. The number of hydrogen-bond donors (Lipinski definition) is 1. The molecule has 0 unspecified atom stereocenters. The Bertz CT molecular complexity index is 517. The number of aryl methyl sites for hydroxylation is 1. The van der Waals surface area contributed by atoms with Crippen LogP contribution in [0.1, 0.15) is 57.6 Å². The zero-order valence-electron chi connectivity index (χ0n) is 13.1. The van der Waals surface area contributed by atoms with Crippen molar-refractivity contribution in [2.45, 2.75) is 58.3 Å². The number of nitrogens with zero attached hydrogens (tertiary/aromatic N) is 2. The molecule has 114 valence electrons. The summed E-state index contributed by atoms with van der Waals surface area (Å²) in [6, 6.07) is 12.1. The molecule has 2 rings (SSSR count). The molecule has 0 radical (unpaired) electrons. The molecule has 3 nitrogen and oxygen atoms in total. The van der Waals surface area contributed by atoms with Crippen LogP contribution in [0, 0.1) is 0 Å². The number of nitrogen functional groups attached to an aromatic ring is 1. The molecule has 21 heavy (non-hydrogen) atoms. The van der Waals surface area contributed by atoms with Gasteiger partial charge >= 0.3 is 0 Å². The highest BCUT2D eigenvalue weighted by atomic mass is 15.3. The second-order valence-electron chi connectivity index (χ2n) is 5.68. The molecule has 2 N–H and O–H groups in total. The summed E-state index contributed by atoms with van der Waals surface area (Å²) in [5.41, 5.74) is 8.19. The largest absolute Gasteiger partial charge is 0.384 e. The van der Waals surface area contributed by atoms with Crippen LogP contribution < -0.4 is 5.73 Å². The number of benzene rings is 1. The van der Waals surface area contributed by atoms with E-state index in [2.05, 4.69) is 12.0 Å². The van der Waals surface area contributed by atoms with E-state index in [1.165, 1.54) is 44.9 Å². The van der Waals surface area contributed by atoms with Crippen molar-refractivity contribution < 1.29 is 0 Å². The Morgan fingerprint density at radius 1 is 0.952 bits per heavy atom. The van der Waals surface area contributed by atoms with Crippen LogP contribution in [0.4, 0.5) is 5.82 Å². The third-order valence-electron chi connectivity index (χ3n) is 3.82. The normalized spacial score (nSPS) is 10.9. The van der Waals surface area contributed by atoms with Gasteiger partial charge in [0.1, 0.15) is 5.82 Å². The van der Waals surface area contributed by atoms with Gasteiger partial charge in [0.2, 0.25) is 0 Å². The van der Waals surface area contributed by atoms with E-state index in [9.17, 15) is 0 Å². The Kier molecular flexibility index (Phi) is 6.32. The van der Waals surface area contributed by atoms with Crippen LogP contribution >= 0.6 is 0 Å². The lowest BCUT2D eigenvalue weighted by Gasteiger charge is -2.02. The van der Waals surface area contributed by atoms with E-state index in [1.807, 2.05) is 41.1 Å². The molecule has 1 aromatic carbocycles. The van der Waals surface area contributed by atoms with Crippen molar-refractivity contribution in [1.82, 2.24) is 9.78 Å². The second kappa shape index (κ2) is 8.50. The standard InChI is InChI=1S/C18H27N3/c1-2-3-4-5-6-7-9-12-16-15-18(19)21(20-16)17-13-10-8-11-14-17/h8,10-11,13-15H,2-7,9,12,19H2,1H3. The van der Waals surface area contributed by atoms with Crippen LogP contribution in [0.5, 0.6) is 0 Å². The predicted octanol–water partition coefficient (Wildman–Crippen LogP) is 4.75. The fourth-order valence-corrected chi connectivity index (χ4v) is 2.61. The molecule has 0 spiro atoms. The van der Waals surface area contributed by atoms with Gasteiger partial charge in [0.05, 0.1) is 11.4 Å². The molecular weight excluding hydrogens is 258 g/mol. The van der Waals surface area contributed by atoms with Gasteiger partial charge in [0.25, 0.3) is 0 Å². The van der Waals surface area contributed by atoms with E-state index in [-0.39, 0.29) is 0 Å². The van der Waals surface area contributed by atoms with Gasteiger partial charge in [-0.1, -0.05) is 63.6 Å². The molecular formula is C18H27N3. The minimum absolute atomic E-state index is 0.721. The molecule has 2 aromatic rings. The zero-order chi connectivity index (χ0) is 14.9. The summed E-state index contributed by atoms with van der Waals surface area (Å²) in [6.07, 6.45) is 10.3. The highest BCUT2D eigenvalue weighted by molar-refractivity contribution is 5.42. The Labute approximate surface area is 128 Å². The summed E-state index contributed by atoms with van der Waals surface area (Å²) in [7, 11) is 0. The van der Waals surface area contributed by atoms with Crippen LogP contribution in [-0.4, -0.2) is 9.78 Å². The highest BCUT2D eigenvalue weighted by Crippen LogP contribution is 2.16. The topological polar surface area (TPSA) is 43.8 Å². The van der Waals surface area contributed by atoms with Crippen molar-refractivity contribution in [3.05, 3.63) is 42.1 Å². The van der Waals surface area contributed by atoms with E-state index < -0.39 is 0 Å². The average molecular weight is 285 g/mol. The molecule has 3 heteroatoms. The van der Waals surface area contributed by atoms with Crippen LogP contribution in [-0.2, 0) is 6.42 Å². The lowest BCUT2D eigenvalue weighted by atomic mass is 10.1. The molecule has 0 amide bonds. The van der Waals surface area contributed by atoms with Crippen molar-refractivity contribution in [2.75, 3.05) is 5.73 Å². The molecule has 0 aliphatic carbocycles. The Morgan fingerprint density at radius 2 is 1.62 bits per heavy atom. The first kappa shape index (κ1) is 15.6. The first-order chi connectivity index (χ1) is 10.3. The van der Waals surface area contributed by atoms with Gasteiger partial charge in [-0.05, 0) is 25.0 Å². The molecule has 0 aliphatic heterocycles. The number of anilines is 1. The molecule has 1 heterocycles. The average Bonchev–Trinajstić information content (AvgIpc) is 2.88. The van der Waals surface area contributed by atoms with Crippen LogP contribution in [0.25, 0.3) is 5.69 Å². The summed E-state index contributed by atoms with van der Waals surface area (Å²) in [4.78, 5) is 0. The molecule has 0 saturated carbocycles. The maximum Gasteiger partial charge on any atom is 0.127 e. The fraction of sp³-hybridized carbons (Fsp3) is 0.500. The monoisotopic (exact) mass is 285 g/mol. The highest BCUT2D eigenvalue weighted by Gasteiger charge is 2.06. The van der Waals surface area contributed by atoms with Gasteiger partial charge in [-0.2, -0.15) is 5.10 Å². The van der Waals surface area contributed by atoms with Gasteiger partial charge in [-0.15, -0.1) is 0 Å². The van der Waals surface area contributed by atoms with Crippen molar-refractivity contribution in [2.24, 2.45) is 0 Å². The van der Waals surface area contributed by atoms with E-state index in [0.717, 1.165) is 23.6 Å². The Balaban J connectivity index is 1.78. The van der Waals surface area contributed by atoms with E-state index in [4.69, 9.17) is 5.73 Å². The van der Waals surface area contributed by atoms with Gasteiger partial charge in [0, 0.05) is 6.07 Å². The summed E-state index contributed by atoms with van der Waals surface area (Å²) in [5.74, 6) is 0.721. The Hall–Kier alpha value is -1.77. The third kappa shape index (κ3) is 4.92. The van der Waals surface area contributed by atoms with Crippen molar-refractivity contribution >= 4 is 5.82 Å². The summed E-state index contributed by atoms with van der Waals surface area (Å²) in [6.45, 7) is 2.26. The first-order valence-corrected chi connectivity index (χ1v) is 8.21. The third-order valence-corrected chi connectivity index (χ3v) is 3.82. The molecule has 1 aromatic heterocycles. The minimum Gasteiger partial charge on any atom is -0.384 e. The smallest absolute Gasteiger partial charge is 0.127 e. The fourth-order valence-electron chi connectivity index (χ4n) is 2.61. The summed E-state index contributed by atoms with van der Waals surface area (Å²) in [5, 5.41) is 4.62. The summed E-state index contributed by atoms with van der Waals surface area (Å²) >= 11 is 0. The van der Waals surface area contributed by atoms with E-state index in [0.29, 0.717) is 0 Å². The first-order valence-electron chi connectivity index (χ1n) is 8.21. The quantitative estimate of drug-likeness (QED) is 0.676. The van der Waals surface area contributed by atoms with Crippen LogP contribution in [0.3, 0.4) is 0 Å². The van der Waals surface area contributed by atoms with Gasteiger partial charge in [-0.3, -0.25) is 0 Å². The molecule has 0 saturated heterocycles. The SMILES string of the molecule is CCCCCCCCCc1cc(N)n(-c2ccccc2)n1. The number of aromatic nitrogens is 2. The van der Waals surface area contributed by atoms with E-state index in [1.54, 1.807) is 0 Å². The van der Waals surface area contributed by atoms with Gasteiger partial charge in [0.15, 0.2) is 0 Å². The van der Waals surface area contributed by atoms with Gasteiger partial charge in [-0.25, -0.2) is 4.68 Å². The summed E-state index contributed by atoms with van der Waals surface area (Å²) < 4.78 is 1.83. The lowest BCUT2D eigenvalue weighted by molar-refractivity contribution is 0.586. The number of unbranched alkanes of at least 4 members (excludes halogenated alkanes) is 6. The lowest BCUT2D eigenvalue weighted by Crippen LogP contribution is -2.01. The molecule has 0 atom stereocenters. The molecule has 0 fully saturated rings. The number of rotatable bonds is 9. The number of hydrogen-bond acceptors (Lipinski definition) is 2. The zero-order valence-corrected chi connectivity index (χ0v) is 13.1. The molecule has 0 bridgehead atoms. The number of nitrogens with two attached hydrogens (primary N) is 1. The maximum atomic E-state index is 6.06. The van der Waals surface area contributed by atoms with Crippen LogP contribution in [0.2, 0.25) is 0 Å². The van der Waals surface area contributed by atoms with Crippen molar-refractivity contribution in [3.8, 4) is 5.69 Å². The maximum absolute atomic E-state index is 6.06. The predicted molar refractivity (Wildman–Crippen MR) is 89.7 cm³/mol. The van der Waals surface area contributed by atoms with Crippen LogP contribution in [0.15, 0.2) is 36.4 Å². The van der Waals surface area contributed by atoms with Crippen molar-refractivity contribution in [3.63, 3.8) is 0 Å². The van der Waals surface area contributed by atoms with Gasteiger partial charge < -0.3 is 5.73 Å². The Morgan fingerprint density at radius 3 is 2.33 bits per heavy atom. The second-order valence-corrected chi connectivity index (χ2v) is 5.68. The minimum atomic E-state index is 0.721. The van der Waals surface area contributed by atoms with E-state index >= 15 is 0 Å². The van der Waals surface area contributed by atoms with Crippen molar-refractivity contribution in [1.29, 1.82) is 0 Å². The molecule has 0 aliphatic rings.